The molecule has 4 nitrogen and oxygen atoms in total. The van der Waals surface area contributed by atoms with Gasteiger partial charge in [-0.1, -0.05) is 36.8 Å². The monoisotopic (exact) mass is 449 g/mol. The highest BCUT2D eigenvalue weighted by molar-refractivity contribution is 5.84. The van der Waals surface area contributed by atoms with Crippen molar-refractivity contribution >= 4 is 10.9 Å². The van der Waals surface area contributed by atoms with Gasteiger partial charge in [0.25, 0.3) is 0 Å². The predicted octanol–water partition coefficient (Wildman–Crippen LogP) is 5.34. The molecule has 3 fully saturated rings. The van der Waals surface area contributed by atoms with Crippen molar-refractivity contribution in [2.24, 2.45) is 11.8 Å². The predicted molar refractivity (Wildman–Crippen MR) is 138 cm³/mol. The molecule has 3 aliphatic rings. The number of pyridine rings is 1. The van der Waals surface area contributed by atoms with Gasteiger partial charge in [0.1, 0.15) is 5.75 Å². The quantitative estimate of drug-likeness (QED) is 0.407. The summed E-state index contributed by atoms with van der Waals surface area (Å²) in [6, 6.07) is 18.6. The summed E-state index contributed by atoms with van der Waals surface area (Å²) >= 11 is 0. The van der Waals surface area contributed by atoms with Gasteiger partial charge >= 0.3 is 0 Å². The lowest BCUT2D eigenvalue weighted by atomic mass is 9.73. The number of hydrogen-bond acceptors (Lipinski definition) is 4. The minimum atomic E-state index is 0.0451. The van der Waals surface area contributed by atoms with Crippen molar-refractivity contribution in [3.8, 4) is 17.6 Å². The van der Waals surface area contributed by atoms with Crippen LogP contribution in [0.2, 0.25) is 0 Å². The van der Waals surface area contributed by atoms with Gasteiger partial charge in [0.2, 0.25) is 0 Å². The number of aromatic nitrogens is 1. The van der Waals surface area contributed by atoms with Crippen molar-refractivity contribution in [1.82, 2.24) is 15.2 Å². The highest BCUT2D eigenvalue weighted by atomic mass is 16.5. The van der Waals surface area contributed by atoms with E-state index < -0.39 is 0 Å². The molecule has 2 bridgehead atoms. The summed E-state index contributed by atoms with van der Waals surface area (Å²) in [5, 5.41) is 4.82. The summed E-state index contributed by atoms with van der Waals surface area (Å²) in [5.74, 6) is 8.55. The topological polar surface area (TPSA) is 37.4 Å². The molecular formula is C30H31N3O. The van der Waals surface area contributed by atoms with Crippen molar-refractivity contribution in [3.63, 3.8) is 0 Å². The molecular weight excluding hydrogens is 418 g/mol. The van der Waals surface area contributed by atoms with Crippen molar-refractivity contribution in [2.75, 3.05) is 20.2 Å². The highest BCUT2D eigenvalue weighted by Crippen LogP contribution is 2.42. The van der Waals surface area contributed by atoms with Gasteiger partial charge in [-0.2, -0.15) is 0 Å². The second kappa shape index (κ2) is 9.75. The van der Waals surface area contributed by atoms with Gasteiger partial charge in [0.05, 0.1) is 24.4 Å². The standard InChI is InChI=1S/C30H31N3O/c1-4-23-20-33-17-15-24(23)18-29(33)30(32-21(2)10-11-22-8-6-5-7-9-22)26-14-16-31-28-13-12-25(34-3)19-27(26)28/h4-9,12-14,16,19,23-24,29-30,32H,1-2,15,17-18,20H2,3H3/t23-,24?,29?,30?/m0/s1. The van der Waals surface area contributed by atoms with Gasteiger partial charge in [-0.25, -0.2) is 0 Å². The van der Waals surface area contributed by atoms with E-state index in [0.717, 1.165) is 47.4 Å². The van der Waals surface area contributed by atoms with Crippen molar-refractivity contribution in [3.05, 3.63) is 96.9 Å². The molecule has 6 rings (SSSR count). The fourth-order valence-electron chi connectivity index (χ4n) is 5.54. The third kappa shape index (κ3) is 4.44. The second-order valence-electron chi connectivity index (χ2n) is 9.25. The summed E-state index contributed by atoms with van der Waals surface area (Å²) in [4.78, 5) is 7.23. The number of methoxy groups -OCH3 is 1. The SMILES string of the molecule is C=C[C@H]1CN2CCC1CC2C(NC(=C)C#Cc1ccccc1)c1ccnc2ccc(OC)cc12. The summed E-state index contributed by atoms with van der Waals surface area (Å²) in [5.41, 5.74) is 3.88. The molecule has 3 saturated heterocycles. The Morgan fingerprint density at radius 1 is 1.24 bits per heavy atom. The maximum atomic E-state index is 5.54. The van der Waals surface area contributed by atoms with Gasteiger partial charge in [-0.3, -0.25) is 9.88 Å². The molecule has 172 valence electrons. The Hall–Kier alpha value is -3.55. The number of fused-ring (bicyclic) bond motifs is 4. The molecule has 4 unspecified atom stereocenters. The molecule has 1 N–H and O–H groups in total. The molecule has 2 aromatic carbocycles. The smallest absolute Gasteiger partial charge is 0.119 e. The number of allylic oxidation sites excluding steroid dienone is 1. The summed E-state index contributed by atoms with van der Waals surface area (Å²) in [6.07, 6.45) is 6.41. The Morgan fingerprint density at radius 3 is 2.82 bits per heavy atom. The Morgan fingerprint density at radius 2 is 2.09 bits per heavy atom. The number of nitrogens with one attached hydrogen (secondary N) is 1. The van der Waals surface area contributed by atoms with Gasteiger partial charge in [-0.15, -0.1) is 6.58 Å². The van der Waals surface area contributed by atoms with E-state index in [9.17, 15) is 0 Å². The largest absolute Gasteiger partial charge is 0.497 e. The zero-order valence-corrected chi connectivity index (χ0v) is 19.7. The molecule has 0 saturated carbocycles. The molecule has 4 heteroatoms. The second-order valence-corrected chi connectivity index (χ2v) is 9.25. The zero-order chi connectivity index (χ0) is 23.5. The van der Waals surface area contributed by atoms with Crippen LogP contribution in [0.3, 0.4) is 0 Å². The summed E-state index contributed by atoms with van der Waals surface area (Å²) < 4.78 is 5.54. The highest BCUT2D eigenvalue weighted by Gasteiger charge is 2.42. The van der Waals surface area contributed by atoms with E-state index in [0.29, 0.717) is 17.9 Å². The van der Waals surface area contributed by atoms with E-state index in [1.807, 2.05) is 48.7 Å². The lowest BCUT2D eigenvalue weighted by Crippen LogP contribution is -2.56. The minimum Gasteiger partial charge on any atom is -0.497 e. The van der Waals surface area contributed by atoms with Crippen LogP contribution in [0.4, 0.5) is 0 Å². The number of piperidine rings is 3. The molecule has 34 heavy (non-hydrogen) atoms. The van der Waals surface area contributed by atoms with Crippen LogP contribution in [-0.2, 0) is 0 Å². The van der Waals surface area contributed by atoms with Gasteiger partial charge < -0.3 is 10.1 Å². The fourth-order valence-corrected chi connectivity index (χ4v) is 5.54. The number of benzene rings is 2. The first-order chi connectivity index (χ1) is 16.7. The molecule has 3 aliphatic heterocycles. The molecule has 0 spiro atoms. The van der Waals surface area contributed by atoms with Crippen LogP contribution < -0.4 is 10.1 Å². The van der Waals surface area contributed by atoms with Crippen LogP contribution in [0.15, 0.2) is 85.7 Å². The zero-order valence-electron chi connectivity index (χ0n) is 19.7. The van der Waals surface area contributed by atoms with Crippen molar-refractivity contribution in [2.45, 2.75) is 24.9 Å². The van der Waals surface area contributed by atoms with Crippen LogP contribution >= 0.6 is 0 Å². The maximum absolute atomic E-state index is 5.54. The summed E-state index contributed by atoms with van der Waals surface area (Å²) in [7, 11) is 1.70. The maximum Gasteiger partial charge on any atom is 0.119 e. The number of nitrogens with zero attached hydrogens (tertiary/aromatic N) is 2. The van der Waals surface area contributed by atoms with E-state index in [1.165, 1.54) is 12.0 Å². The number of ether oxygens (including phenoxy) is 1. The molecule has 0 aliphatic carbocycles. The third-order valence-electron chi connectivity index (χ3n) is 7.32. The first kappa shape index (κ1) is 22.3. The Kier molecular flexibility index (Phi) is 6.38. The van der Waals surface area contributed by atoms with E-state index in [4.69, 9.17) is 4.74 Å². The minimum absolute atomic E-state index is 0.0451. The lowest BCUT2D eigenvalue weighted by Gasteiger charge is -2.52. The Bertz CT molecular complexity index is 1260. The normalized spacial score (nSPS) is 24.0. The van der Waals surface area contributed by atoms with Crippen molar-refractivity contribution in [1.29, 1.82) is 0 Å². The Labute approximate surface area is 202 Å². The first-order valence-electron chi connectivity index (χ1n) is 12.0. The summed E-state index contributed by atoms with van der Waals surface area (Å²) in [6.45, 7) is 10.6. The van der Waals surface area contributed by atoms with Crippen molar-refractivity contribution < 1.29 is 4.74 Å². The van der Waals surface area contributed by atoms with E-state index >= 15 is 0 Å². The first-order valence-corrected chi connectivity index (χ1v) is 12.0. The van der Waals surface area contributed by atoms with Crippen LogP contribution in [0, 0.1) is 23.7 Å². The van der Waals surface area contributed by atoms with E-state index in [2.05, 4.69) is 58.4 Å². The van der Waals surface area contributed by atoms with E-state index in [-0.39, 0.29) is 6.04 Å². The van der Waals surface area contributed by atoms with E-state index in [1.54, 1.807) is 7.11 Å². The van der Waals surface area contributed by atoms with Crippen LogP contribution in [0.25, 0.3) is 10.9 Å². The van der Waals surface area contributed by atoms with Gasteiger partial charge in [0, 0.05) is 29.7 Å². The molecule has 3 aromatic rings. The molecule has 4 heterocycles. The fraction of sp³-hybridized carbons (Fsp3) is 0.300. The van der Waals surface area contributed by atoms with Crippen LogP contribution in [0.5, 0.6) is 5.75 Å². The lowest BCUT2D eigenvalue weighted by molar-refractivity contribution is 0.00310. The third-order valence-corrected chi connectivity index (χ3v) is 7.32. The number of rotatable bonds is 6. The van der Waals surface area contributed by atoms with Gasteiger partial charge in [-0.05, 0) is 79.1 Å². The number of hydrogen-bond donors (Lipinski definition) is 1. The molecule has 5 atom stereocenters. The molecule has 0 amide bonds. The average Bonchev–Trinajstić information content (AvgIpc) is 2.90. The molecule has 0 radical (unpaired) electrons. The van der Waals surface area contributed by atoms with Crippen LogP contribution in [-0.4, -0.2) is 36.1 Å². The van der Waals surface area contributed by atoms with Crippen LogP contribution in [0.1, 0.15) is 30.0 Å². The average molecular weight is 450 g/mol. The Balaban J connectivity index is 1.52. The molecule has 1 aromatic heterocycles. The van der Waals surface area contributed by atoms with Gasteiger partial charge in [0.15, 0.2) is 0 Å².